The Labute approximate surface area is 142 Å². The molecule has 4 nitrogen and oxygen atoms in total. The first-order chi connectivity index (χ1) is 11.3. The molecular formula is C15H7ClF3N2O2S. The van der Waals surface area contributed by atoms with Crippen molar-refractivity contribution in [2.24, 2.45) is 0 Å². The summed E-state index contributed by atoms with van der Waals surface area (Å²) in [6, 6.07) is 13.4. The molecule has 0 spiro atoms. The monoisotopic (exact) mass is 371 g/mol. The molecule has 3 rings (SSSR count). The summed E-state index contributed by atoms with van der Waals surface area (Å²) in [5.74, 6) is -1.68. The third-order valence-electron chi connectivity index (χ3n) is 2.93. The maximum absolute atomic E-state index is 12.5. The Morgan fingerprint density at radius 1 is 1.17 bits per heavy atom. The molecule has 0 aliphatic rings. The van der Waals surface area contributed by atoms with Gasteiger partial charge < -0.3 is 9.08 Å². The molecule has 0 saturated heterocycles. The Balaban J connectivity index is 1.91. The summed E-state index contributed by atoms with van der Waals surface area (Å²) in [7, 11) is 0. The Kier molecular flexibility index (Phi) is 4.53. The number of nitrogens with zero attached hydrogens (tertiary/aromatic N) is 2. The van der Waals surface area contributed by atoms with Crippen LogP contribution in [-0.2, 0) is 17.4 Å². The van der Waals surface area contributed by atoms with E-state index in [1.165, 1.54) is 18.2 Å². The molecule has 123 valence electrons. The van der Waals surface area contributed by atoms with E-state index in [1.807, 2.05) is 0 Å². The number of halogens is 4. The number of alkyl halides is 3. The van der Waals surface area contributed by atoms with Crippen LogP contribution in [0.25, 0.3) is 11.4 Å². The van der Waals surface area contributed by atoms with Crippen LogP contribution in [0.15, 0.2) is 56.8 Å². The maximum Gasteiger partial charge on any atom is 0.471 e. The molecule has 0 aliphatic heterocycles. The summed E-state index contributed by atoms with van der Waals surface area (Å²) in [5, 5.41) is 3.80. The van der Waals surface area contributed by atoms with Crippen LogP contribution in [-0.4, -0.2) is 14.7 Å². The summed E-state index contributed by atoms with van der Waals surface area (Å²) in [4.78, 5) is 4.06. The van der Waals surface area contributed by atoms with Crippen LogP contribution >= 0.6 is 11.6 Å². The van der Waals surface area contributed by atoms with Gasteiger partial charge in [-0.15, -0.1) is 0 Å². The van der Waals surface area contributed by atoms with Crippen molar-refractivity contribution in [2.45, 2.75) is 16.0 Å². The van der Waals surface area contributed by atoms with Crippen molar-refractivity contribution in [1.29, 1.82) is 0 Å². The highest BCUT2D eigenvalue weighted by Crippen LogP contribution is 2.30. The molecular weight excluding hydrogens is 365 g/mol. The molecule has 1 unspecified atom stereocenters. The largest absolute Gasteiger partial charge is 0.606 e. The van der Waals surface area contributed by atoms with E-state index in [1.54, 1.807) is 24.3 Å². The topological polar surface area (TPSA) is 62.0 Å². The van der Waals surface area contributed by atoms with E-state index in [4.69, 9.17) is 11.6 Å². The fourth-order valence-corrected chi connectivity index (χ4v) is 3.00. The zero-order chi connectivity index (χ0) is 17.3. The molecule has 0 aliphatic carbocycles. The summed E-state index contributed by atoms with van der Waals surface area (Å²) >= 11 is 4.21. The first-order valence-electron chi connectivity index (χ1n) is 6.45. The lowest BCUT2D eigenvalue weighted by atomic mass is 10.2. The molecule has 0 fully saturated rings. The average Bonchev–Trinajstić information content (AvgIpc) is 3.05. The molecule has 0 N–H and O–H groups in total. The third kappa shape index (κ3) is 3.55. The van der Waals surface area contributed by atoms with Gasteiger partial charge in [-0.2, -0.15) is 18.2 Å². The normalized spacial score (nSPS) is 13.0. The van der Waals surface area contributed by atoms with E-state index in [0.717, 1.165) is 0 Å². The Hall–Kier alpha value is -2.03. The van der Waals surface area contributed by atoms with Crippen molar-refractivity contribution in [3.8, 4) is 11.4 Å². The van der Waals surface area contributed by atoms with Gasteiger partial charge in [0.05, 0.1) is 0 Å². The number of benzene rings is 2. The summed E-state index contributed by atoms with van der Waals surface area (Å²) in [6.45, 7) is 0. The minimum Gasteiger partial charge on any atom is -0.606 e. The summed E-state index contributed by atoms with van der Waals surface area (Å²) in [5.41, 5.74) is 0.241. The number of rotatable bonds is 3. The van der Waals surface area contributed by atoms with E-state index in [0.29, 0.717) is 9.92 Å². The van der Waals surface area contributed by atoms with Crippen LogP contribution in [0.4, 0.5) is 13.2 Å². The zero-order valence-electron chi connectivity index (χ0n) is 11.7. The first-order valence-corrected chi connectivity index (χ1v) is 7.98. The summed E-state index contributed by atoms with van der Waals surface area (Å²) < 4.78 is 54.2. The van der Waals surface area contributed by atoms with Gasteiger partial charge in [0.15, 0.2) is 9.79 Å². The van der Waals surface area contributed by atoms with Gasteiger partial charge >= 0.3 is 12.1 Å². The Morgan fingerprint density at radius 2 is 1.88 bits per heavy atom. The summed E-state index contributed by atoms with van der Waals surface area (Å²) in [6.07, 6.45) is -4.72. The second-order valence-electron chi connectivity index (χ2n) is 4.59. The van der Waals surface area contributed by atoms with Crippen LogP contribution < -0.4 is 0 Å². The molecule has 0 amide bonds. The Bertz CT molecular complexity index is 852. The van der Waals surface area contributed by atoms with Crippen molar-refractivity contribution in [2.75, 3.05) is 0 Å². The molecule has 24 heavy (non-hydrogen) atoms. The fourth-order valence-electron chi connectivity index (χ4n) is 1.83. The fraction of sp³-hybridized carbons (Fsp3) is 0.0667. The molecule has 0 bridgehead atoms. The smallest absolute Gasteiger partial charge is 0.471 e. The lowest BCUT2D eigenvalue weighted by Gasteiger charge is -2.10. The third-order valence-corrected chi connectivity index (χ3v) is 4.52. The molecule has 0 saturated carbocycles. The highest BCUT2D eigenvalue weighted by molar-refractivity contribution is 7.91. The van der Waals surface area contributed by atoms with E-state index in [2.05, 4.69) is 20.7 Å². The predicted octanol–water partition coefficient (Wildman–Crippen LogP) is 4.38. The van der Waals surface area contributed by atoms with Gasteiger partial charge in [-0.25, -0.2) is 0 Å². The molecule has 3 aromatic rings. The van der Waals surface area contributed by atoms with Gasteiger partial charge in [0.2, 0.25) is 5.82 Å². The Morgan fingerprint density at radius 3 is 2.50 bits per heavy atom. The lowest BCUT2D eigenvalue weighted by Crippen LogP contribution is -2.05. The van der Waals surface area contributed by atoms with Gasteiger partial charge in [0.25, 0.3) is 0 Å². The van der Waals surface area contributed by atoms with E-state index in [9.17, 15) is 17.7 Å². The first kappa shape index (κ1) is 16.8. The van der Waals surface area contributed by atoms with Crippen LogP contribution in [0.3, 0.4) is 0 Å². The average molecular weight is 372 g/mol. The minimum atomic E-state index is -4.72. The van der Waals surface area contributed by atoms with Crippen molar-refractivity contribution in [1.82, 2.24) is 10.1 Å². The van der Waals surface area contributed by atoms with Crippen molar-refractivity contribution in [3.05, 3.63) is 59.4 Å². The quantitative estimate of drug-likeness (QED) is 0.641. The molecule has 1 atom stereocenters. The van der Waals surface area contributed by atoms with Crippen molar-refractivity contribution < 1.29 is 22.2 Å². The number of aromatic nitrogens is 2. The number of hydrogen-bond acceptors (Lipinski definition) is 4. The second-order valence-corrected chi connectivity index (χ2v) is 6.47. The molecule has 1 radical (unpaired) electrons. The molecule has 1 heterocycles. The van der Waals surface area contributed by atoms with Crippen LogP contribution in [0.5, 0.6) is 0 Å². The van der Waals surface area contributed by atoms with Gasteiger partial charge in [-0.1, -0.05) is 22.8 Å². The van der Waals surface area contributed by atoms with Crippen LogP contribution in [0.2, 0.25) is 5.02 Å². The van der Waals surface area contributed by atoms with E-state index < -0.39 is 23.2 Å². The SMILES string of the molecule is [O-][S+](c1[c]ccc(-c2noc(C(F)(F)F)n2)c1)c1ccc(Cl)cc1. The molecule has 9 heteroatoms. The highest BCUT2D eigenvalue weighted by atomic mass is 35.5. The number of hydrogen-bond donors (Lipinski definition) is 0. The maximum atomic E-state index is 12.5. The van der Waals surface area contributed by atoms with Crippen LogP contribution in [0.1, 0.15) is 5.89 Å². The highest BCUT2D eigenvalue weighted by Gasteiger charge is 2.38. The van der Waals surface area contributed by atoms with E-state index >= 15 is 0 Å². The van der Waals surface area contributed by atoms with Gasteiger partial charge in [0.1, 0.15) is 0 Å². The minimum absolute atomic E-state index is 0.241. The van der Waals surface area contributed by atoms with Gasteiger partial charge in [0, 0.05) is 33.9 Å². The van der Waals surface area contributed by atoms with E-state index in [-0.39, 0.29) is 16.3 Å². The predicted molar refractivity (Wildman–Crippen MR) is 79.7 cm³/mol. The lowest BCUT2D eigenvalue weighted by molar-refractivity contribution is -0.159. The van der Waals surface area contributed by atoms with Crippen molar-refractivity contribution in [3.63, 3.8) is 0 Å². The van der Waals surface area contributed by atoms with Crippen LogP contribution in [0, 0.1) is 6.07 Å². The molecule has 2 aromatic carbocycles. The molecule has 1 aromatic heterocycles. The standard InChI is InChI=1S/C15H7ClF3N2O2S/c16-10-4-6-11(7-5-10)24(22)12-3-1-2-9(8-12)13-20-14(23-21-13)15(17,18)19/h1-2,4-8H. The van der Waals surface area contributed by atoms with Gasteiger partial charge in [-0.05, 0) is 30.3 Å². The van der Waals surface area contributed by atoms with Gasteiger partial charge in [-0.3, -0.25) is 0 Å². The zero-order valence-corrected chi connectivity index (χ0v) is 13.2. The van der Waals surface area contributed by atoms with Crippen molar-refractivity contribution >= 4 is 22.8 Å². The second kappa shape index (κ2) is 6.46.